The molecule has 2 atom stereocenters. The number of ether oxygens (including phenoxy) is 1. The Labute approximate surface area is 99.3 Å². The average Bonchev–Trinajstić information content (AvgIpc) is 2.29. The number of carbonyl (C=O) groups is 3. The Morgan fingerprint density at radius 2 is 2.29 bits per heavy atom. The second-order valence-electron chi connectivity index (χ2n) is 3.94. The van der Waals surface area contributed by atoms with Crippen LogP contribution >= 0.6 is 0 Å². The normalized spacial score (nSPS) is 22.3. The summed E-state index contributed by atoms with van der Waals surface area (Å²) in [5.74, 6) is -1.37. The first kappa shape index (κ1) is 13.6. The Hall–Kier alpha value is -1.47. The van der Waals surface area contributed by atoms with Crippen LogP contribution in [0.4, 0.5) is 0 Å². The van der Waals surface area contributed by atoms with E-state index in [0.717, 1.165) is 0 Å². The summed E-state index contributed by atoms with van der Waals surface area (Å²) in [6.07, 6.45) is 0.356. The van der Waals surface area contributed by atoms with Crippen molar-refractivity contribution in [3.8, 4) is 0 Å². The van der Waals surface area contributed by atoms with E-state index in [9.17, 15) is 14.4 Å². The van der Waals surface area contributed by atoms with Crippen molar-refractivity contribution in [3.05, 3.63) is 0 Å². The van der Waals surface area contributed by atoms with Crippen LogP contribution < -0.4 is 11.1 Å². The summed E-state index contributed by atoms with van der Waals surface area (Å²) in [5, 5.41) is 2.16. The van der Waals surface area contributed by atoms with E-state index in [1.807, 2.05) is 0 Å². The van der Waals surface area contributed by atoms with Crippen LogP contribution in [-0.4, -0.2) is 55.0 Å². The fraction of sp³-hybridized carbons (Fsp3) is 0.700. The zero-order valence-electron chi connectivity index (χ0n) is 9.93. The minimum atomic E-state index is -0.754. The molecule has 2 unspecified atom stereocenters. The Kier molecular flexibility index (Phi) is 4.59. The number of amides is 3. The van der Waals surface area contributed by atoms with Gasteiger partial charge in [-0.25, -0.2) is 0 Å². The third kappa shape index (κ3) is 3.24. The number of imide groups is 1. The van der Waals surface area contributed by atoms with Gasteiger partial charge >= 0.3 is 0 Å². The number of carbonyl (C=O) groups excluding carboxylic acids is 3. The van der Waals surface area contributed by atoms with Gasteiger partial charge in [0.2, 0.25) is 17.7 Å². The monoisotopic (exact) mass is 243 g/mol. The van der Waals surface area contributed by atoms with Gasteiger partial charge in [0.05, 0.1) is 6.04 Å². The summed E-state index contributed by atoms with van der Waals surface area (Å²) in [4.78, 5) is 35.7. The third-order valence-electron chi connectivity index (χ3n) is 2.66. The number of nitrogens with two attached hydrogens (primary N) is 1. The van der Waals surface area contributed by atoms with Gasteiger partial charge in [-0.05, 0) is 13.3 Å². The number of methoxy groups -OCH3 is 1. The molecule has 3 N–H and O–H groups in total. The molecule has 7 heteroatoms. The van der Waals surface area contributed by atoms with Crippen molar-refractivity contribution in [2.75, 3.05) is 20.3 Å². The van der Waals surface area contributed by atoms with Gasteiger partial charge < -0.3 is 15.4 Å². The zero-order chi connectivity index (χ0) is 13.0. The Balaban J connectivity index is 2.66. The van der Waals surface area contributed by atoms with Gasteiger partial charge in [-0.2, -0.15) is 0 Å². The van der Waals surface area contributed by atoms with E-state index < -0.39 is 29.8 Å². The second-order valence-corrected chi connectivity index (χ2v) is 3.94. The molecule has 0 radical (unpaired) electrons. The van der Waals surface area contributed by atoms with E-state index in [-0.39, 0.29) is 6.54 Å². The molecule has 0 aromatic carbocycles. The highest BCUT2D eigenvalue weighted by Gasteiger charge is 2.35. The molecule has 1 aliphatic rings. The standard InChI is InChI=1S/C10H17N3O4/c1-6-9(15)12-8(14)5-13(6)10(16)7(11)3-4-17-2/h6-7H,3-5,11H2,1-2H3,(H,12,14,15). The molecule has 0 aromatic rings. The number of nitrogens with one attached hydrogen (secondary N) is 1. The predicted molar refractivity (Wildman–Crippen MR) is 58.8 cm³/mol. The molecule has 0 aromatic heterocycles. The SMILES string of the molecule is COCCC(N)C(=O)N1CC(=O)NC(=O)C1C. The first-order valence-electron chi connectivity index (χ1n) is 5.36. The highest BCUT2D eigenvalue weighted by Crippen LogP contribution is 2.07. The van der Waals surface area contributed by atoms with Gasteiger partial charge in [-0.1, -0.05) is 0 Å². The number of rotatable bonds is 4. The van der Waals surface area contributed by atoms with Crippen LogP contribution in [0.25, 0.3) is 0 Å². The molecule has 1 rings (SSSR count). The highest BCUT2D eigenvalue weighted by atomic mass is 16.5. The van der Waals surface area contributed by atoms with E-state index in [0.29, 0.717) is 13.0 Å². The molecule has 0 spiro atoms. The molecule has 1 aliphatic heterocycles. The number of piperazine rings is 1. The third-order valence-corrected chi connectivity index (χ3v) is 2.66. The Morgan fingerprint density at radius 3 is 2.88 bits per heavy atom. The van der Waals surface area contributed by atoms with Crippen molar-refractivity contribution in [2.45, 2.75) is 25.4 Å². The van der Waals surface area contributed by atoms with Crippen LogP contribution in [0.5, 0.6) is 0 Å². The molecule has 17 heavy (non-hydrogen) atoms. The summed E-state index contributed by atoms with van der Waals surface area (Å²) in [6.45, 7) is 1.78. The van der Waals surface area contributed by atoms with Crippen molar-refractivity contribution < 1.29 is 19.1 Å². The zero-order valence-corrected chi connectivity index (χ0v) is 9.93. The summed E-state index contributed by atoms with van der Waals surface area (Å²) < 4.78 is 4.82. The largest absolute Gasteiger partial charge is 0.385 e. The smallest absolute Gasteiger partial charge is 0.249 e. The first-order valence-corrected chi connectivity index (χ1v) is 5.36. The van der Waals surface area contributed by atoms with Crippen LogP contribution in [0.1, 0.15) is 13.3 Å². The molecule has 7 nitrogen and oxygen atoms in total. The molecule has 3 amide bonds. The minimum Gasteiger partial charge on any atom is -0.385 e. The Morgan fingerprint density at radius 1 is 1.65 bits per heavy atom. The lowest BCUT2D eigenvalue weighted by molar-refractivity contribution is -0.150. The lowest BCUT2D eigenvalue weighted by atomic mass is 10.1. The first-order chi connectivity index (χ1) is 7.97. The topological polar surface area (TPSA) is 102 Å². The fourth-order valence-electron chi connectivity index (χ4n) is 1.56. The Bertz CT molecular complexity index is 332. The minimum absolute atomic E-state index is 0.133. The van der Waals surface area contributed by atoms with E-state index in [4.69, 9.17) is 10.5 Å². The number of hydrogen-bond acceptors (Lipinski definition) is 5. The number of nitrogens with zero attached hydrogens (tertiary/aromatic N) is 1. The van der Waals surface area contributed by atoms with Crippen molar-refractivity contribution in [1.29, 1.82) is 0 Å². The van der Waals surface area contributed by atoms with E-state index in [1.165, 1.54) is 12.0 Å². The molecule has 1 fully saturated rings. The van der Waals surface area contributed by atoms with Gasteiger partial charge in [-0.15, -0.1) is 0 Å². The van der Waals surface area contributed by atoms with E-state index >= 15 is 0 Å². The lowest BCUT2D eigenvalue weighted by Gasteiger charge is -2.33. The molecule has 0 aliphatic carbocycles. The predicted octanol–water partition coefficient (Wildman–Crippen LogP) is -1.78. The van der Waals surface area contributed by atoms with Crippen LogP contribution in [0.2, 0.25) is 0 Å². The lowest BCUT2D eigenvalue weighted by Crippen LogP contribution is -2.61. The maximum Gasteiger partial charge on any atom is 0.249 e. The van der Waals surface area contributed by atoms with Crippen LogP contribution in [0.15, 0.2) is 0 Å². The van der Waals surface area contributed by atoms with Crippen molar-refractivity contribution >= 4 is 17.7 Å². The molecular weight excluding hydrogens is 226 g/mol. The van der Waals surface area contributed by atoms with E-state index in [1.54, 1.807) is 6.92 Å². The van der Waals surface area contributed by atoms with Gasteiger partial charge in [0.15, 0.2) is 0 Å². The molecule has 1 heterocycles. The fourth-order valence-corrected chi connectivity index (χ4v) is 1.56. The van der Waals surface area contributed by atoms with Gasteiger partial charge in [-0.3, -0.25) is 19.7 Å². The summed E-state index contributed by atoms with van der Waals surface area (Å²) in [7, 11) is 1.51. The summed E-state index contributed by atoms with van der Waals surface area (Å²) >= 11 is 0. The maximum atomic E-state index is 11.9. The van der Waals surface area contributed by atoms with Gasteiger partial charge in [0.25, 0.3) is 0 Å². The van der Waals surface area contributed by atoms with Gasteiger partial charge in [0, 0.05) is 13.7 Å². The maximum absolute atomic E-state index is 11.9. The van der Waals surface area contributed by atoms with Crippen LogP contribution in [0.3, 0.4) is 0 Å². The average molecular weight is 243 g/mol. The quantitative estimate of drug-likeness (QED) is 0.569. The van der Waals surface area contributed by atoms with Crippen molar-refractivity contribution in [2.24, 2.45) is 5.73 Å². The molecule has 96 valence electrons. The van der Waals surface area contributed by atoms with Crippen molar-refractivity contribution in [3.63, 3.8) is 0 Å². The molecule has 1 saturated heterocycles. The van der Waals surface area contributed by atoms with Gasteiger partial charge in [0.1, 0.15) is 12.6 Å². The number of hydrogen-bond donors (Lipinski definition) is 2. The molecule has 0 saturated carbocycles. The van der Waals surface area contributed by atoms with Crippen LogP contribution in [0, 0.1) is 0 Å². The highest BCUT2D eigenvalue weighted by molar-refractivity contribution is 6.04. The van der Waals surface area contributed by atoms with Crippen LogP contribution in [-0.2, 0) is 19.1 Å². The van der Waals surface area contributed by atoms with E-state index in [2.05, 4.69) is 5.32 Å². The summed E-state index contributed by atoms with van der Waals surface area (Å²) in [5.41, 5.74) is 5.67. The van der Waals surface area contributed by atoms with Crippen molar-refractivity contribution in [1.82, 2.24) is 10.2 Å². The second kappa shape index (κ2) is 5.74. The molecule has 0 bridgehead atoms. The molecular formula is C10H17N3O4. The summed E-state index contributed by atoms with van der Waals surface area (Å²) in [6, 6.07) is -1.43.